The molecule has 1 aliphatic heterocycles. The van der Waals surface area contributed by atoms with Gasteiger partial charge in [0, 0.05) is 12.3 Å². The zero-order valence-electron chi connectivity index (χ0n) is 6.72. The number of thioether (sulfide) groups is 1. The Balaban J connectivity index is 2.49. The molecule has 12 heavy (non-hydrogen) atoms. The largest absolute Gasteiger partial charge is 0.368 e. The summed E-state index contributed by atoms with van der Waals surface area (Å²) in [5.41, 5.74) is 0.462. The van der Waals surface area contributed by atoms with Crippen molar-refractivity contribution in [3.63, 3.8) is 0 Å². The monoisotopic (exact) mass is 184 g/mol. The molecule has 2 nitrogen and oxygen atoms in total. The van der Waals surface area contributed by atoms with Crippen LogP contribution in [0.1, 0.15) is 5.69 Å². The van der Waals surface area contributed by atoms with Crippen LogP contribution in [0, 0.1) is 12.7 Å². The van der Waals surface area contributed by atoms with Gasteiger partial charge in [-0.15, -0.1) is 11.8 Å². The van der Waals surface area contributed by atoms with Gasteiger partial charge >= 0.3 is 0 Å². The van der Waals surface area contributed by atoms with E-state index in [1.54, 1.807) is 24.8 Å². The molecule has 1 aromatic heterocycles. The van der Waals surface area contributed by atoms with Crippen molar-refractivity contribution in [2.75, 3.05) is 17.6 Å². The first kappa shape index (κ1) is 7.86. The third kappa shape index (κ3) is 1.27. The molecule has 0 saturated heterocycles. The Morgan fingerprint density at radius 2 is 2.50 bits per heavy atom. The maximum absolute atomic E-state index is 13.0. The van der Waals surface area contributed by atoms with Gasteiger partial charge in [0.15, 0.2) is 0 Å². The van der Waals surface area contributed by atoms with Gasteiger partial charge in [0.1, 0.15) is 11.6 Å². The average Bonchev–Trinajstić information content (AvgIpc) is 2.07. The predicted octanol–water partition coefficient (Wildman–Crippen LogP) is 2.05. The summed E-state index contributed by atoms with van der Waals surface area (Å²) in [5.74, 6) is 1.59. The van der Waals surface area contributed by atoms with E-state index in [1.165, 1.54) is 0 Å². The SMILES string of the molecule is Cc1nc2c(cc1F)SCCN2. The molecule has 2 rings (SSSR count). The number of aryl methyl sites for hydroxylation is 1. The third-order valence-electron chi connectivity index (χ3n) is 1.77. The molecule has 4 heteroatoms. The molecule has 1 N–H and O–H groups in total. The minimum atomic E-state index is -0.218. The van der Waals surface area contributed by atoms with Crippen LogP contribution >= 0.6 is 11.8 Å². The van der Waals surface area contributed by atoms with Gasteiger partial charge in [-0.1, -0.05) is 0 Å². The van der Waals surface area contributed by atoms with Crippen molar-refractivity contribution >= 4 is 17.6 Å². The number of aromatic nitrogens is 1. The van der Waals surface area contributed by atoms with Crippen molar-refractivity contribution in [2.24, 2.45) is 0 Å². The average molecular weight is 184 g/mol. The van der Waals surface area contributed by atoms with E-state index < -0.39 is 0 Å². The van der Waals surface area contributed by atoms with Gasteiger partial charge in [0.05, 0.1) is 10.6 Å². The lowest BCUT2D eigenvalue weighted by atomic mass is 10.3. The van der Waals surface area contributed by atoms with Gasteiger partial charge in [-0.3, -0.25) is 0 Å². The Hall–Kier alpha value is -0.770. The lowest BCUT2D eigenvalue weighted by Gasteiger charge is -2.16. The second-order valence-corrected chi connectivity index (χ2v) is 3.81. The van der Waals surface area contributed by atoms with E-state index in [-0.39, 0.29) is 5.82 Å². The Morgan fingerprint density at radius 1 is 1.67 bits per heavy atom. The Bertz CT molecular complexity index is 283. The lowest BCUT2D eigenvalue weighted by Crippen LogP contribution is -2.12. The van der Waals surface area contributed by atoms with E-state index in [1.807, 2.05) is 0 Å². The van der Waals surface area contributed by atoms with Gasteiger partial charge in [0.2, 0.25) is 0 Å². The van der Waals surface area contributed by atoms with Crippen LogP contribution in [-0.2, 0) is 0 Å². The van der Waals surface area contributed by atoms with Crippen molar-refractivity contribution in [2.45, 2.75) is 11.8 Å². The van der Waals surface area contributed by atoms with Gasteiger partial charge in [-0.05, 0) is 13.0 Å². The number of anilines is 1. The molecule has 1 aliphatic rings. The summed E-state index contributed by atoms with van der Waals surface area (Å²) < 4.78 is 13.0. The van der Waals surface area contributed by atoms with Crippen molar-refractivity contribution in [3.05, 3.63) is 17.6 Å². The molecule has 0 spiro atoms. The second kappa shape index (κ2) is 2.94. The normalized spacial score (nSPS) is 15.2. The maximum Gasteiger partial charge on any atom is 0.145 e. The first-order valence-corrected chi connectivity index (χ1v) is 4.80. The molecule has 2 heterocycles. The van der Waals surface area contributed by atoms with E-state index >= 15 is 0 Å². The third-order valence-corrected chi connectivity index (χ3v) is 2.80. The van der Waals surface area contributed by atoms with Crippen LogP contribution < -0.4 is 5.32 Å². The van der Waals surface area contributed by atoms with Crippen LogP contribution in [0.15, 0.2) is 11.0 Å². The first-order valence-electron chi connectivity index (χ1n) is 3.81. The van der Waals surface area contributed by atoms with Crippen LogP contribution in [0.3, 0.4) is 0 Å². The number of hydrogen-bond donors (Lipinski definition) is 1. The number of nitrogens with zero attached hydrogens (tertiary/aromatic N) is 1. The molecule has 0 saturated carbocycles. The predicted molar refractivity (Wildman–Crippen MR) is 48.1 cm³/mol. The quantitative estimate of drug-likeness (QED) is 0.668. The topological polar surface area (TPSA) is 24.9 Å². The molecule has 0 bridgehead atoms. The summed E-state index contributed by atoms with van der Waals surface area (Å²) in [6.07, 6.45) is 0. The summed E-state index contributed by atoms with van der Waals surface area (Å²) in [7, 11) is 0. The lowest BCUT2D eigenvalue weighted by molar-refractivity contribution is 0.605. The molecule has 0 atom stereocenters. The van der Waals surface area contributed by atoms with Crippen LogP contribution in [-0.4, -0.2) is 17.3 Å². The second-order valence-electron chi connectivity index (χ2n) is 2.68. The molecule has 0 radical (unpaired) electrons. The first-order chi connectivity index (χ1) is 5.77. The zero-order chi connectivity index (χ0) is 8.55. The summed E-state index contributed by atoms with van der Waals surface area (Å²) >= 11 is 1.65. The molecular weight excluding hydrogens is 175 g/mol. The van der Waals surface area contributed by atoms with Crippen molar-refractivity contribution in [1.29, 1.82) is 0 Å². The molecule has 64 valence electrons. The zero-order valence-corrected chi connectivity index (χ0v) is 7.54. The van der Waals surface area contributed by atoms with E-state index in [0.29, 0.717) is 5.69 Å². The summed E-state index contributed by atoms with van der Waals surface area (Å²) in [5, 5.41) is 3.13. The number of fused-ring (bicyclic) bond motifs is 1. The van der Waals surface area contributed by atoms with E-state index in [0.717, 1.165) is 23.0 Å². The van der Waals surface area contributed by atoms with Crippen LogP contribution in [0.4, 0.5) is 10.2 Å². The van der Waals surface area contributed by atoms with Gasteiger partial charge in [-0.25, -0.2) is 9.37 Å². The fraction of sp³-hybridized carbons (Fsp3) is 0.375. The van der Waals surface area contributed by atoms with Crippen molar-refractivity contribution < 1.29 is 4.39 Å². The highest BCUT2D eigenvalue weighted by atomic mass is 32.2. The molecule has 0 amide bonds. The standard InChI is InChI=1S/C8H9FN2S/c1-5-6(9)4-7-8(11-5)10-2-3-12-7/h4H,2-3H2,1H3,(H,10,11). The summed E-state index contributed by atoms with van der Waals surface area (Å²) in [4.78, 5) is 5.03. The van der Waals surface area contributed by atoms with E-state index in [9.17, 15) is 4.39 Å². The number of rotatable bonds is 0. The number of hydrogen-bond acceptors (Lipinski definition) is 3. The number of halogens is 1. The number of pyridine rings is 1. The minimum absolute atomic E-state index is 0.218. The van der Waals surface area contributed by atoms with Gasteiger partial charge < -0.3 is 5.32 Å². The highest BCUT2D eigenvalue weighted by molar-refractivity contribution is 7.99. The maximum atomic E-state index is 13.0. The Morgan fingerprint density at radius 3 is 3.33 bits per heavy atom. The minimum Gasteiger partial charge on any atom is -0.368 e. The number of nitrogens with one attached hydrogen (secondary N) is 1. The highest BCUT2D eigenvalue weighted by Crippen LogP contribution is 2.30. The van der Waals surface area contributed by atoms with Crippen LogP contribution in [0.2, 0.25) is 0 Å². The molecule has 0 aromatic carbocycles. The smallest absolute Gasteiger partial charge is 0.145 e. The Labute approximate surface area is 74.6 Å². The highest BCUT2D eigenvalue weighted by Gasteiger charge is 2.12. The van der Waals surface area contributed by atoms with E-state index in [4.69, 9.17) is 0 Å². The van der Waals surface area contributed by atoms with Crippen molar-refractivity contribution in [3.8, 4) is 0 Å². The van der Waals surface area contributed by atoms with Crippen LogP contribution in [0.5, 0.6) is 0 Å². The molecule has 1 aromatic rings. The molecular formula is C8H9FN2S. The van der Waals surface area contributed by atoms with Crippen LogP contribution in [0.25, 0.3) is 0 Å². The molecule has 0 fully saturated rings. The van der Waals surface area contributed by atoms with Gasteiger partial charge in [-0.2, -0.15) is 0 Å². The summed E-state index contributed by atoms with van der Waals surface area (Å²) in [6.45, 7) is 2.59. The molecule has 0 aliphatic carbocycles. The fourth-order valence-electron chi connectivity index (χ4n) is 1.13. The van der Waals surface area contributed by atoms with Crippen molar-refractivity contribution in [1.82, 2.24) is 4.98 Å². The van der Waals surface area contributed by atoms with E-state index in [2.05, 4.69) is 10.3 Å². The summed E-state index contributed by atoms with van der Waals surface area (Å²) in [6, 6.07) is 1.55. The fourth-order valence-corrected chi connectivity index (χ4v) is 2.00. The van der Waals surface area contributed by atoms with Gasteiger partial charge in [0.25, 0.3) is 0 Å². The Kier molecular flexibility index (Phi) is 1.92. The molecule has 0 unspecified atom stereocenters.